The van der Waals surface area contributed by atoms with Crippen LogP contribution < -0.4 is 5.32 Å². The molecule has 21 heavy (non-hydrogen) atoms. The Bertz CT molecular complexity index is 663. The fourth-order valence-electron chi connectivity index (χ4n) is 2.05. The van der Waals surface area contributed by atoms with Crippen molar-refractivity contribution in [2.24, 2.45) is 0 Å². The summed E-state index contributed by atoms with van der Waals surface area (Å²) in [7, 11) is 0. The predicted octanol–water partition coefficient (Wildman–Crippen LogP) is 3.12. The van der Waals surface area contributed by atoms with Crippen LogP contribution in [0.5, 0.6) is 0 Å². The number of carboxylic acids is 1. The van der Waals surface area contributed by atoms with Gasteiger partial charge >= 0.3 is 5.97 Å². The molecule has 2 N–H and O–H groups in total. The summed E-state index contributed by atoms with van der Waals surface area (Å²) in [5.41, 5.74) is 0.480. The number of thiophene rings is 1. The van der Waals surface area contributed by atoms with Crippen molar-refractivity contribution in [2.45, 2.75) is 26.3 Å². The molecule has 1 amide bonds. The third kappa shape index (κ3) is 4.16. The first-order chi connectivity index (χ1) is 9.95. The van der Waals surface area contributed by atoms with Gasteiger partial charge in [0, 0.05) is 27.8 Å². The van der Waals surface area contributed by atoms with Crippen LogP contribution in [0.15, 0.2) is 36.4 Å². The lowest BCUT2D eigenvalue weighted by Crippen LogP contribution is -2.34. The molecular weight excluding hydrogens is 286 g/mol. The van der Waals surface area contributed by atoms with Gasteiger partial charge in [0.05, 0.1) is 5.56 Å². The van der Waals surface area contributed by atoms with E-state index in [0.29, 0.717) is 5.56 Å². The average molecular weight is 303 g/mol. The molecule has 1 atom stereocenters. The zero-order valence-corrected chi connectivity index (χ0v) is 12.7. The van der Waals surface area contributed by atoms with Crippen molar-refractivity contribution in [2.75, 3.05) is 0 Å². The number of hydrogen-bond donors (Lipinski definition) is 2. The topological polar surface area (TPSA) is 66.4 Å². The Morgan fingerprint density at radius 3 is 2.57 bits per heavy atom. The van der Waals surface area contributed by atoms with Gasteiger partial charge in [0.25, 0.3) is 5.91 Å². The molecule has 0 bridgehead atoms. The maximum Gasteiger partial charge on any atom is 0.335 e. The molecule has 1 aromatic heterocycles. The molecule has 0 spiro atoms. The number of carboxylic acid groups (broad SMARTS) is 1. The Labute approximate surface area is 127 Å². The maximum atomic E-state index is 12.1. The minimum absolute atomic E-state index is 0.0102. The van der Waals surface area contributed by atoms with Crippen molar-refractivity contribution in [3.8, 4) is 0 Å². The molecule has 0 aliphatic rings. The second kappa shape index (κ2) is 6.54. The van der Waals surface area contributed by atoms with E-state index in [2.05, 4.69) is 24.4 Å². The molecule has 0 radical (unpaired) electrons. The molecule has 2 rings (SSSR count). The third-order valence-electron chi connectivity index (χ3n) is 3.05. The van der Waals surface area contributed by atoms with Gasteiger partial charge in [-0.3, -0.25) is 4.79 Å². The molecule has 0 fully saturated rings. The lowest BCUT2D eigenvalue weighted by atomic mass is 10.1. The van der Waals surface area contributed by atoms with E-state index >= 15 is 0 Å². The van der Waals surface area contributed by atoms with Gasteiger partial charge in [-0.2, -0.15) is 0 Å². The molecule has 0 saturated heterocycles. The van der Waals surface area contributed by atoms with Crippen LogP contribution in [-0.2, 0) is 6.42 Å². The van der Waals surface area contributed by atoms with E-state index in [4.69, 9.17) is 5.11 Å². The summed E-state index contributed by atoms with van der Waals surface area (Å²) < 4.78 is 0. The van der Waals surface area contributed by atoms with E-state index < -0.39 is 5.97 Å². The zero-order valence-electron chi connectivity index (χ0n) is 11.9. The lowest BCUT2D eigenvalue weighted by Gasteiger charge is -2.13. The number of aromatic carboxylic acids is 1. The first kappa shape index (κ1) is 15.3. The van der Waals surface area contributed by atoms with Crippen molar-refractivity contribution >= 4 is 23.2 Å². The van der Waals surface area contributed by atoms with E-state index in [0.717, 1.165) is 6.42 Å². The quantitative estimate of drug-likeness (QED) is 0.892. The van der Waals surface area contributed by atoms with Gasteiger partial charge in [0.2, 0.25) is 0 Å². The minimum Gasteiger partial charge on any atom is -0.478 e. The molecule has 0 aliphatic heterocycles. The van der Waals surface area contributed by atoms with Gasteiger partial charge in [-0.25, -0.2) is 4.79 Å². The smallest absolute Gasteiger partial charge is 0.335 e. The summed E-state index contributed by atoms with van der Waals surface area (Å²) in [6.07, 6.45) is 0.767. The van der Waals surface area contributed by atoms with Crippen LogP contribution in [0, 0.1) is 6.92 Å². The Hall–Kier alpha value is -2.14. The summed E-state index contributed by atoms with van der Waals surface area (Å²) in [5, 5.41) is 11.8. The number of amides is 1. The molecular formula is C16H17NO3S. The van der Waals surface area contributed by atoms with Crippen molar-refractivity contribution in [3.63, 3.8) is 0 Å². The van der Waals surface area contributed by atoms with Crippen molar-refractivity contribution in [1.82, 2.24) is 5.32 Å². The monoisotopic (exact) mass is 303 g/mol. The number of hydrogen-bond acceptors (Lipinski definition) is 3. The number of benzene rings is 1. The fraction of sp³-hybridized carbons (Fsp3) is 0.250. The Morgan fingerprint density at radius 2 is 1.95 bits per heavy atom. The number of carbonyl (C=O) groups is 2. The molecule has 0 saturated carbocycles. The number of nitrogens with one attached hydrogen (secondary N) is 1. The SMILES string of the molecule is Cc1ccc(CC(C)NC(=O)c2cccc(C(=O)O)c2)s1. The van der Waals surface area contributed by atoms with Crippen molar-refractivity contribution < 1.29 is 14.7 Å². The van der Waals surface area contributed by atoms with Crippen LogP contribution in [0.4, 0.5) is 0 Å². The van der Waals surface area contributed by atoms with E-state index in [1.807, 2.05) is 6.92 Å². The Morgan fingerprint density at radius 1 is 1.24 bits per heavy atom. The van der Waals surface area contributed by atoms with Crippen molar-refractivity contribution in [3.05, 3.63) is 57.3 Å². The molecule has 2 aromatic rings. The summed E-state index contributed by atoms with van der Waals surface area (Å²) in [6, 6.07) is 10.2. The summed E-state index contributed by atoms with van der Waals surface area (Å²) >= 11 is 1.72. The lowest BCUT2D eigenvalue weighted by molar-refractivity contribution is 0.0697. The van der Waals surface area contributed by atoms with Gasteiger partial charge in [-0.1, -0.05) is 6.07 Å². The van der Waals surface area contributed by atoms with Crippen LogP contribution >= 0.6 is 11.3 Å². The molecule has 4 nitrogen and oxygen atoms in total. The highest BCUT2D eigenvalue weighted by Crippen LogP contribution is 2.17. The molecule has 110 valence electrons. The van der Waals surface area contributed by atoms with Gasteiger partial charge in [-0.15, -0.1) is 11.3 Å². The van der Waals surface area contributed by atoms with Gasteiger partial charge in [-0.05, 0) is 44.2 Å². The first-order valence-corrected chi connectivity index (χ1v) is 7.47. The number of aryl methyl sites for hydroxylation is 1. The van der Waals surface area contributed by atoms with E-state index in [9.17, 15) is 9.59 Å². The third-order valence-corrected chi connectivity index (χ3v) is 4.08. The highest BCUT2D eigenvalue weighted by Gasteiger charge is 2.13. The Balaban J connectivity index is 2.00. The summed E-state index contributed by atoms with van der Waals surface area (Å²) in [5.74, 6) is -1.29. The highest BCUT2D eigenvalue weighted by atomic mass is 32.1. The molecule has 1 unspecified atom stereocenters. The summed E-state index contributed by atoms with van der Waals surface area (Å²) in [4.78, 5) is 25.5. The number of carbonyl (C=O) groups excluding carboxylic acids is 1. The van der Waals surface area contributed by atoms with E-state index in [1.165, 1.54) is 21.9 Å². The standard InChI is InChI=1S/C16H17NO3S/c1-10(8-14-7-6-11(2)21-14)17-15(18)12-4-3-5-13(9-12)16(19)20/h3-7,9-10H,8H2,1-2H3,(H,17,18)(H,19,20). The second-order valence-electron chi connectivity index (χ2n) is 4.98. The van der Waals surface area contributed by atoms with Crippen LogP contribution in [-0.4, -0.2) is 23.0 Å². The number of rotatable bonds is 5. The molecule has 1 aromatic carbocycles. The average Bonchev–Trinajstić information content (AvgIpc) is 2.83. The van der Waals surface area contributed by atoms with Crippen molar-refractivity contribution in [1.29, 1.82) is 0 Å². The maximum absolute atomic E-state index is 12.1. The van der Waals surface area contributed by atoms with E-state index in [-0.39, 0.29) is 17.5 Å². The van der Waals surface area contributed by atoms with Gasteiger partial charge in [0.15, 0.2) is 0 Å². The van der Waals surface area contributed by atoms with Crippen LogP contribution in [0.2, 0.25) is 0 Å². The Kier molecular flexibility index (Phi) is 4.75. The zero-order chi connectivity index (χ0) is 15.4. The second-order valence-corrected chi connectivity index (χ2v) is 6.35. The normalized spacial score (nSPS) is 11.9. The van der Waals surface area contributed by atoms with Crippen LogP contribution in [0.1, 0.15) is 37.4 Å². The van der Waals surface area contributed by atoms with Crippen LogP contribution in [0.25, 0.3) is 0 Å². The largest absolute Gasteiger partial charge is 0.478 e. The first-order valence-electron chi connectivity index (χ1n) is 6.65. The van der Waals surface area contributed by atoms with E-state index in [1.54, 1.807) is 23.5 Å². The minimum atomic E-state index is -1.04. The van der Waals surface area contributed by atoms with Gasteiger partial charge in [0.1, 0.15) is 0 Å². The molecule has 0 aliphatic carbocycles. The van der Waals surface area contributed by atoms with Gasteiger partial charge < -0.3 is 10.4 Å². The highest BCUT2D eigenvalue weighted by molar-refractivity contribution is 7.11. The molecule has 1 heterocycles. The predicted molar refractivity (Wildman–Crippen MR) is 83.1 cm³/mol. The molecule has 5 heteroatoms. The van der Waals surface area contributed by atoms with Crippen LogP contribution in [0.3, 0.4) is 0 Å². The fourth-order valence-corrected chi connectivity index (χ4v) is 3.07. The summed E-state index contributed by atoms with van der Waals surface area (Å²) in [6.45, 7) is 3.99.